The fourth-order valence-electron chi connectivity index (χ4n) is 2.14. The highest BCUT2D eigenvalue weighted by atomic mass is 79.9. The first-order chi connectivity index (χ1) is 11.7. The lowest BCUT2D eigenvalue weighted by molar-refractivity contribution is -0.111. The van der Waals surface area contributed by atoms with Gasteiger partial charge in [0, 0.05) is 29.0 Å². The van der Waals surface area contributed by atoms with Gasteiger partial charge in [-0.2, -0.15) is 5.10 Å². The van der Waals surface area contributed by atoms with E-state index in [1.165, 1.54) is 6.08 Å². The number of benzene rings is 1. The molecule has 0 radical (unpaired) electrons. The minimum Gasteiger partial charge on any atom is -0.307 e. The molecule has 1 aromatic carbocycles. The molecule has 0 fully saturated rings. The van der Waals surface area contributed by atoms with Crippen LogP contribution in [-0.4, -0.2) is 20.7 Å². The minimum absolute atomic E-state index is 0.212. The number of hydrogen-bond donors (Lipinski definition) is 1. The second-order valence-corrected chi connectivity index (χ2v) is 6.03. The van der Waals surface area contributed by atoms with Crippen molar-refractivity contribution >= 4 is 33.7 Å². The SMILES string of the molecule is O=C(/C=C/c1cccnc1)Nc1ccnn1Cc1ccc(Br)cc1. The van der Waals surface area contributed by atoms with Crippen LogP contribution >= 0.6 is 15.9 Å². The number of aromatic nitrogens is 3. The third-order valence-electron chi connectivity index (χ3n) is 3.32. The van der Waals surface area contributed by atoms with Crippen LogP contribution in [0.5, 0.6) is 0 Å². The quantitative estimate of drug-likeness (QED) is 0.683. The molecule has 0 aliphatic carbocycles. The molecule has 0 unspecified atom stereocenters. The van der Waals surface area contributed by atoms with Crippen molar-refractivity contribution in [1.29, 1.82) is 0 Å². The van der Waals surface area contributed by atoms with E-state index in [-0.39, 0.29) is 5.91 Å². The Morgan fingerprint density at radius 2 is 2.00 bits per heavy atom. The molecule has 3 rings (SSSR count). The first-order valence-corrected chi connectivity index (χ1v) is 8.15. The molecular weight excluding hydrogens is 368 g/mol. The van der Waals surface area contributed by atoms with Crippen molar-refractivity contribution in [3.05, 3.63) is 82.7 Å². The van der Waals surface area contributed by atoms with E-state index in [0.29, 0.717) is 12.4 Å². The molecule has 3 aromatic rings. The molecule has 0 saturated heterocycles. The molecule has 6 heteroatoms. The van der Waals surface area contributed by atoms with Crippen molar-refractivity contribution in [3.63, 3.8) is 0 Å². The summed E-state index contributed by atoms with van der Waals surface area (Å²) < 4.78 is 2.78. The van der Waals surface area contributed by atoms with Crippen LogP contribution in [0.1, 0.15) is 11.1 Å². The van der Waals surface area contributed by atoms with Crippen molar-refractivity contribution in [1.82, 2.24) is 14.8 Å². The number of nitrogens with one attached hydrogen (secondary N) is 1. The molecule has 0 atom stereocenters. The third kappa shape index (κ3) is 4.39. The summed E-state index contributed by atoms with van der Waals surface area (Å²) in [7, 11) is 0. The van der Waals surface area contributed by atoms with Gasteiger partial charge in [-0.25, -0.2) is 4.68 Å². The maximum atomic E-state index is 12.1. The van der Waals surface area contributed by atoms with Gasteiger partial charge < -0.3 is 5.32 Å². The predicted octanol–water partition coefficient (Wildman–Crippen LogP) is 3.74. The molecule has 2 heterocycles. The average molecular weight is 383 g/mol. The number of pyridine rings is 1. The Hall–Kier alpha value is -2.73. The van der Waals surface area contributed by atoms with E-state index in [9.17, 15) is 4.79 Å². The Kier molecular flexibility index (Phi) is 5.18. The number of halogens is 1. The van der Waals surface area contributed by atoms with Gasteiger partial charge in [-0.3, -0.25) is 9.78 Å². The molecule has 0 spiro atoms. The topological polar surface area (TPSA) is 59.8 Å². The minimum atomic E-state index is -0.212. The van der Waals surface area contributed by atoms with E-state index in [4.69, 9.17) is 0 Å². The lowest BCUT2D eigenvalue weighted by Gasteiger charge is -2.08. The summed E-state index contributed by atoms with van der Waals surface area (Å²) in [4.78, 5) is 16.1. The number of amides is 1. The molecule has 0 bridgehead atoms. The van der Waals surface area contributed by atoms with Crippen LogP contribution in [-0.2, 0) is 11.3 Å². The number of anilines is 1. The van der Waals surface area contributed by atoms with Crippen molar-refractivity contribution in [2.75, 3.05) is 5.32 Å². The van der Waals surface area contributed by atoms with Gasteiger partial charge in [0.15, 0.2) is 0 Å². The van der Waals surface area contributed by atoms with Crippen LogP contribution in [0.15, 0.2) is 71.6 Å². The van der Waals surface area contributed by atoms with E-state index >= 15 is 0 Å². The standard InChI is InChI=1S/C18H15BrN4O/c19-16-6-3-15(4-7-16)13-23-17(9-11-21-23)22-18(24)8-5-14-2-1-10-20-12-14/h1-12H,13H2,(H,22,24)/b8-5+. The Morgan fingerprint density at radius 3 is 2.75 bits per heavy atom. The van der Waals surface area contributed by atoms with Crippen molar-refractivity contribution in [3.8, 4) is 0 Å². The van der Waals surface area contributed by atoms with E-state index in [2.05, 4.69) is 31.3 Å². The van der Waals surface area contributed by atoms with Gasteiger partial charge in [-0.15, -0.1) is 0 Å². The molecule has 2 aromatic heterocycles. The summed E-state index contributed by atoms with van der Waals surface area (Å²) in [5, 5.41) is 7.10. The number of rotatable bonds is 5. The van der Waals surface area contributed by atoms with E-state index < -0.39 is 0 Å². The highest BCUT2D eigenvalue weighted by Gasteiger charge is 2.06. The maximum absolute atomic E-state index is 12.1. The van der Waals surface area contributed by atoms with Crippen LogP contribution in [0.4, 0.5) is 5.82 Å². The van der Waals surface area contributed by atoms with E-state index in [1.54, 1.807) is 35.4 Å². The summed E-state index contributed by atoms with van der Waals surface area (Å²) in [6, 6.07) is 13.5. The smallest absolute Gasteiger partial charge is 0.249 e. The molecule has 0 saturated carbocycles. The Labute approximate surface area is 148 Å². The van der Waals surface area contributed by atoms with Gasteiger partial charge in [0.05, 0.1) is 12.7 Å². The zero-order valence-corrected chi connectivity index (χ0v) is 14.3. The first kappa shape index (κ1) is 16.1. The number of carbonyl (C=O) groups is 1. The third-order valence-corrected chi connectivity index (χ3v) is 3.85. The molecule has 24 heavy (non-hydrogen) atoms. The average Bonchev–Trinajstić information content (AvgIpc) is 3.03. The molecule has 0 aliphatic rings. The van der Waals surface area contributed by atoms with Gasteiger partial charge >= 0.3 is 0 Å². The van der Waals surface area contributed by atoms with Crippen molar-refractivity contribution in [2.24, 2.45) is 0 Å². The maximum Gasteiger partial charge on any atom is 0.249 e. The zero-order valence-electron chi connectivity index (χ0n) is 12.8. The Balaban J connectivity index is 1.65. The van der Waals surface area contributed by atoms with Gasteiger partial charge in [-0.05, 0) is 35.4 Å². The summed E-state index contributed by atoms with van der Waals surface area (Å²) in [6.07, 6.45) is 8.25. The molecule has 120 valence electrons. The Bertz CT molecular complexity index is 841. The normalized spacial score (nSPS) is 10.9. The van der Waals surface area contributed by atoms with E-state index in [1.807, 2.05) is 36.4 Å². The van der Waals surface area contributed by atoms with E-state index in [0.717, 1.165) is 15.6 Å². The number of carbonyl (C=O) groups excluding carboxylic acids is 1. The highest BCUT2D eigenvalue weighted by molar-refractivity contribution is 9.10. The second kappa shape index (κ2) is 7.70. The molecule has 0 aliphatic heterocycles. The highest BCUT2D eigenvalue weighted by Crippen LogP contribution is 2.14. The molecule has 5 nitrogen and oxygen atoms in total. The molecular formula is C18H15BrN4O. The van der Waals surface area contributed by atoms with Crippen LogP contribution in [0.3, 0.4) is 0 Å². The largest absolute Gasteiger partial charge is 0.307 e. The predicted molar refractivity (Wildman–Crippen MR) is 97.4 cm³/mol. The summed E-state index contributed by atoms with van der Waals surface area (Å²) in [5.74, 6) is 0.440. The summed E-state index contributed by atoms with van der Waals surface area (Å²) in [5.41, 5.74) is 1.97. The fourth-order valence-corrected chi connectivity index (χ4v) is 2.41. The van der Waals surface area contributed by atoms with Gasteiger partial charge in [0.2, 0.25) is 5.91 Å². The van der Waals surface area contributed by atoms with Crippen LogP contribution in [0.2, 0.25) is 0 Å². The van der Waals surface area contributed by atoms with Crippen LogP contribution in [0.25, 0.3) is 6.08 Å². The summed E-state index contributed by atoms with van der Waals surface area (Å²) >= 11 is 3.42. The second-order valence-electron chi connectivity index (χ2n) is 5.11. The fraction of sp³-hybridized carbons (Fsp3) is 0.0556. The number of hydrogen-bond acceptors (Lipinski definition) is 3. The van der Waals surface area contributed by atoms with Gasteiger partial charge in [0.25, 0.3) is 0 Å². The Morgan fingerprint density at radius 1 is 1.17 bits per heavy atom. The first-order valence-electron chi connectivity index (χ1n) is 7.36. The van der Waals surface area contributed by atoms with Crippen LogP contribution in [0, 0.1) is 0 Å². The monoisotopic (exact) mass is 382 g/mol. The van der Waals surface area contributed by atoms with Crippen molar-refractivity contribution < 1.29 is 4.79 Å². The van der Waals surface area contributed by atoms with Gasteiger partial charge in [0.1, 0.15) is 5.82 Å². The van der Waals surface area contributed by atoms with Crippen LogP contribution < -0.4 is 5.32 Å². The lowest BCUT2D eigenvalue weighted by atomic mass is 10.2. The molecule has 1 amide bonds. The molecule has 1 N–H and O–H groups in total. The van der Waals surface area contributed by atoms with Gasteiger partial charge in [-0.1, -0.05) is 34.1 Å². The lowest BCUT2D eigenvalue weighted by Crippen LogP contribution is -2.13. The van der Waals surface area contributed by atoms with Crippen molar-refractivity contribution in [2.45, 2.75) is 6.54 Å². The zero-order chi connectivity index (χ0) is 16.8. The number of nitrogens with zero attached hydrogens (tertiary/aromatic N) is 3. The summed E-state index contributed by atoms with van der Waals surface area (Å²) in [6.45, 7) is 0.586.